The molecule has 0 radical (unpaired) electrons. The van der Waals surface area contributed by atoms with Crippen LogP contribution in [0.3, 0.4) is 0 Å². The molecule has 23 heavy (non-hydrogen) atoms. The minimum absolute atomic E-state index is 0.112. The Bertz CT molecular complexity index is 479. The predicted molar refractivity (Wildman–Crippen MR) is 92.6 cm³/mol. The quantitative estimate of drug-likeness (QED) is 0.646. The minimum atomic E-state index is -0.170. The molecule has 2 saturated heterocycles. The second kappa shape index (κ2) is 7.44. The van der Waals surface area contributed by atoms with Gasteiger partial charge in [-0.3, -0.25) is 9.59 Å². The molecule has 2 rings (SSSR count). The molecule has 0 aliphatic carbocycles. The van der Waals surface area contributed by atoms with Crippen LogP contribution in [0, 0.1) is 11.8 Å². The Labute approximate surface area is 138 Å². The molecule has 0 aromatic rings. The highest BCUT2D eigenvalue weighted by Crippen LogP contribution is 2.40. The van der Waals surface area contributed by atoms with Crippen molar-refractivity contribution in [2.45, 2.75) is 31.3 Å². The second-order valence-electron chi connectivity index (χ2n) is 6.19. The molecule has 0 spiro atoms. The molecule has 0 unspecified atom stereocenters. The molecule has 2 aliphatic rings. The second-order valence-corrected chi connectivity index (χ2v) is 6.19. The lowest BCUT2D eigenvalue weighted by Gasteiger charge is -2.52. The topological polar surface area (TPSA) is 40.6 Å². The van der Waals surface area contributed by atoms with Gasteiger partial charge in [-0.2, -0.15) is 0 Å². The number of piperidine rings is 2. The summed E-state index contributed by atoms with van der Waals surface area (Å²) in [5.74, 6) is -0.115. The maximum atomic E-state index is 13.0. The number of hydrogen-bond acceptors (Lipinski definition) is 2. The van der Waals surface area contributed by atoms with Gasteiger partial charge in [0, 0.05) is 25.2 Å². The summed E-state index contributed by atoms with van der Waals surface area (Å²) in [4.78, 5) is 29.6. The van der Waals surface area contributed by atoms with Gasteiger partial charge in [-0.05, 0) is 19.3 Å². The molecule has 0 aromatic carbocycles. The summed E-state index contributed by atoms with van der Waals surface area (Å²) in [6.45, 7) is 16.0. The zero-order valence-electron chi connectivity index (χ0n) is 13.7. The molecular weight excluding hydrogens is 288 g/mol. The van der Waals surface area contributed by atoms with Gasteiger partial charge < -0.3 is 9.80 Å². The van der Waals surface area contributed by atoms with Crippen molar-refractivity contribution in [3.8, 4) is 0 Å². The van der Waals surface area contributed by atoms with Crippen molar-refractivity contribution in [2.75, 3.05) is 13.1 Å². The lowest BCUT2D eigenvalue weighted by atomic mass is 9.72. The van der Waals surface area contributed by atoms with Crippen molar-refractivity contribution in [3.05, 3.63) is 50.6 Å². The lowest BCUT2D eigenvalue weighted by Crippen LogP contribution is -2.66. The average molecular weight is 314 g/mol. The summed E-state index contributed by atoms with van der Waals surface area (Å²) >= 11 is 0. The van der Waals surface area contributed by atoms with E-state index in [1.807, 2.05) is 9.80 Å². The van der Waals surface area contributed by atoms with Crippen LogP contribution in [0.4, 0.5) is 0 Å². The van der Waals surface area contributed by atoms with E-state index in [1.54, 1.807) is 24.3 Å². The molecule has 4 heteroatoms. The van der Waals surface area contributed by atoms with E-state index in [1.165, 1.54) is 0 Å². The van der Waals surface area contributed by atoms with E-state index < -0.39 is 0 Å². The van der Waals surface area contributed by atoms with Gasteiger partial charge in [-0.25, -0.2) is 0 Å². The van der Waals surface area contributed by atoms with Gasteiger partial charge in [0.1, 0.15) is 0 Å². The fourth-order valence-electron chi connectivity index (χ4n) is 3.96. The summed E-state index contributed by atoms with van der Waals surface area (Å²) in [7, 11) is 0. The number of nitrogens with zero attached hydrogens (tertiary/aromatic N) is 2. The van der Waals surface area contributed by atoms with Crippen LogP contribution >= 0.6 is 0 Å². The summed E-state index contributed by atoms with van der Waals surface area (Å²) in [5.41, 5.74) is 0. The van der Waals surface area contributed by atoms with Crippen LogP contribution < -0.4 is 0 Å². The van der Waals surface area contributed by atoms with Crippen LogP contribution in [0.1, 0.15) is 19.3 Å². The number of hydrogen-bond donors (Lipinski definition) is 0. The fraction of sp³-hybridized carbons (Fsp3) is 0.474. The van der Waals surface area contributed by atoms with E-state index in [2.05, 4.69) is 26.3 Å². The van der Waals surface area contributed by atoms with E-state index in [0.717, 1.165) is 0 Å². The van der Waals surface area contributed by atoms with Crippen LogP contribution in [0.5, 0.6) is 0 Å². The van der Waals surface area contributed by atoms with Crippen LogP contribution in [-0.4, -0.2) is 46.8 Å². The van der Waals surface area contributed by atoms with Gasteiger partial charge in [0.05, 0.1) is 11.8 Å². The van der Waals surface area contributed by atoms with Gasteiger partial charge in [-0.1, -0.05) is 24.3 Å². The Hall–Kier alpha value is -2.10. The zero-order chi connectivity index (χ0) is 17.0. The summed E-state index contributed by atoms with van der Waals surface area (Å²) in [5, 5.41) is 0. The highest BCUT2D eigenvalue weighted by Gasteiger charge is 2.52. The molecule has 4 atom stereocenters. The smallest absolute Gasteiger partial charge is 0.228 e. The van der Waals surface area contributed by atoms with E-state index in [0.29, 0.717) is 32.4 Å². The van der Waals surface area contributed by atoms with E-state index in [-0.39, 0.29) is 35.7 Å². The Morgan fingerprint density at radius 1 is 0.783 bits per heavy atom. The van der Waals surface area contributed by atoms with Gasteiger partial charge in [0.15, 0.2) is 0 Å². The first-order valence-electron chi connectivity index (χ1n) is 8.15. The van der Waals surface area contributed by atoms with Gasteiger partial charge >= 0.3 is 0 Å². The fourth-order valence-corrected chi connectivity index (χ4v) is 3.96. The van der Waals surface area contributed by atoms with Crippen molar-refractivity contribution in [1.29, 1.82) is 0 Å². The Morgan fingerprint density at radius 3 is 1.48 bits per heavy atom. The Kier molecular flexibility index (Phi) is 5.59. The van der Waals surface area contributed by atoms with E-state index in [4.69, 9.17) is 0 Å². The molecule has 0 saturated carbocycles. The van der Waals surface area contributed by atoms with Crippen LogP contribution in [0.2, 0.25) is 0 Å². The first-order valence-corrected chi connectivity index (χ1v) is 8.15. The minimum Gasteiger partial charge on any atom is -0.335 e. The van der Waals surface area contributed by atoms with Gasteiger partial charge in [0.25, 0.3) is 0 Å². The highest BCUT2D eigenvalue weighted by atomic mass is 16.2. The largest absolute Gasteiger partial charge is 0.335 e. The first kappa shape index (κ1) is 17.3. The SMILES string of the molecule is C=CC[C@H]1[C@@H]2C[C@@H](C(=O)N1CC=C)[C@H](CC=C)N(CC=C)C2=O. The van der Waals surface area contributed by atoms with Crippen molar-refractivity contribution >= 4 is 11.8 Å². The normalized spacial score (nSPS) is 30.1. The van der Waals surface area contributed by atoms with Gasteiger partial charge in [-0.15, -0.1) is 26.3 Å². The van der Waals surface area contributed by atoms with Crippen molar-refractivity contribution in [3.63, 3.8) is 0 Å². The predicted octanol–water partition coefficient (Wildman–Crippen LogP) is 2.55. The molecular formula is C19H26N2O2. The molecule has 2 amide bonds. The molecule has 4 nitrogen and oxygen atoms in total. The number of carbonyl (C=O) groups is 2. The van der Waals surface area contributed by atoms with Crippen LogP contribution in [0.15, 0.2) is 50.6 Å². The molecule has 124 valence electrons. The average Bonchev–Trinajstić information content (AvgIpc) is 2.54. The van der Waals surface area contributed by atoms with Gasteiger partial charge in [0.2, 0.25) is 11.8 Å². The number of likely N-dealkylation sites (tertiary alicyclic amines) is 2. The Morgan fingerprint density at radius 2 is 1.17 bits per heavy atom. The number of fused-ring (bicyclic) bond motifs is 2. The van der Waals surface area contributed by atoms with Crippen molar-refractivity contribution in [2.24, 2.45) is 11.8 Å². The molecule has 2 bridgehead atoms. The third-order valence-corrected chi connectivity index (χ3v) is 4.91. The van der Waals surface area contributed by atoms with Crippen molar-refractivity contribution in [1.82, 2.24) is 9.80 Å². The summed E-state index contributed by atoms with van der Waals surface area (Å²) in [6, 6.07) is -0.252. The number of carbonyl (C=O) groups excluding carboxylic acids is 2. The molecule has 0 N–H and O–H groups in total. The first-order chi connectivity index (χ1) is 11.1. The maximum absolute atomic E-state index is 13.0. The third-order valence-electron chi connectivity index (χ3n) is 4.91. The number of amides is 2. The standard InChI is InChI=1S/C19H26N2O2/c1-5-9-16-14-13-15(19(23)20(16)11-7-3)17(10-6-2)21(12-8-4)18(14)22/h5-8,14-17H,1-4,9-13H2/t14-,15+,16-,17-/m0/s1. The molecule has 2 heterocycles. The van der Waals surface area contributed by atoms with Crippen LogP contribution in [-0.2, 0) is 9.59 Å². The summed E-state index contributed by atoms with van der Waals surface area (Å²) < 4.78 is 0. The Balaban J connectivity index is 2.42. The summed E-state index contributed by atoms with van der Waals surface area (Å²) in [6.07, 6.45) is 8.89. The van der Waals surface area contributed by atoms with Crippen molar-refractivity contribution < 1.29 is 9.59 Å². The molecule has 0 aromatic heterocycles. The van der Waals surface area contributed by atoms with Crippen LogP contribution in [0.25, 0.3) is 0 Å². The lowest BCUT2D eigenvalue weighted by molar-refractivity contribution is -0.165. The highest BCUT2D eigenvalue weighted by molar-refractivity contribution is 5.90. The number of rotatable bonds is 8. The van der Waals surface area contributed by atoms with E-state index in [9.17, 15) is 9.59 Å². The maximum Gasteiger partial charge on any atom is 0.228 e. The molecule has 2 fully saturated rings. The monoisotopic (exact) mass is 314 g/mol. The van der Waals surface area contributed by atoms with E-state index >= 15 is 0 Å². The third kappa shape index (κ3) is 3.03. The molecule has 2 aliphatic heterocycles. The zero-order valence-corrected chi connectivity index (χ0v) is 13.7.